The first-order valence-corrected chi connectivity index (χ1v) is 32.2. The average molecular weight is 1100 g/mol. The maximum Gasteiger partial charge on any atom is 0.472 e. The van der Waals surface area contributed by atoms with Gasteiger partial charge in [-0.15, -0.1) is 0 Å². The lowest BCUT2D eigenvalue weighted by molar-refractivity contribution is -0.161. The molecule has 0 aliphatic rings. The quantitative estimate of drug-likeness (QED) is 0.0222. The summed E-state index contributed by atoms with van der Waals surface area (Å²) in [6, 6.07) is 0. The normalized spacial score (nSPS) is 14.9. The smallest absolute Gasteiger partial charge is 0.462 e. The van der Waals surface area contributed by atoms with Gasteiger partial charge in [-0.2, -0.15) is 0 Å². The van der Waals surface area contributed by atoms with Crippen LogP contribution in [0.2, 0.25) is 0 Å². The van der Waals surface area contributed by atoms with Crippen LogP contribution < -0.4 is 0 Å². The van der Waals surface area contributed by atoms with E-state index in [4.69, 9.17) is 37.0 Å². The number of rotatable bonds is 55. The van der Waals surface area contributed by atoms with E-state index in [1.165, 1.54) is 57.8 Å². The molecule has 0 aliphatic heterocycles. The summed E-state index contributed by atoms with van der Waals surface area (Å²) in [5, 5.41) is 10.4. The van der Waals surface area contributed by atoms with Crippen molar-refractivity contribution in [2.24, 2.45) is 5.92 Å². The minimum Gasteiger partial charge on any atom is -0.462 e. The molecule has 0 rings (SSSR count). The number of aliphatic hydroxyl groups is 1. The minimum atomic E-state index is -4.93. The molecule has 6 atom stereocenters. The van der Waals surface area contributed by atoms with Gasteiger partial charge in [0, 0.05) is 25.7 Å². The fourth-order valence-corrected chi connectivity index (χ4v) is 9.54. The third-order valence-electron chi connectivity index (χ3n) is 12.9. The number of carbonyl (C=O) groups excluding carboxylic acids is 4. The first kappa shape index (κ1) is 72.1. The maximum atomic E-state index is 12.9. The highest BCUT2D eigenvalue weighted by Crippen LogP contribution is 2.45. The largest absolute Gasteiger partial charge is 0.472 e. The van der Waals surface area contributed by atoms with Gasteiger partial charge in [-0.1, -0.05) is 214 Å². The molecule has 0 saturated heterocycles. The number of unbranched alkanes of at least 4 members (excludes halogenated alkanes) is 26. The number of esters is 4. The highest BCUT2D eigenvalue weighted by Gasteiger charge is 2.30. The summed E-state index contributed by atoms with van der Waals surface area (Å²) in [7, 11) is -9.86. The molecule has 0 heterocycles. The molecule has 3 N–H and O–H groups in total. The zero-order valence-electron chi connectivity index (χ0n) is 47.0. The van der Waals surface area contributed by atoms with Crippen LogP contribution in [0, 0.1) is 5.92 Å². The van der Waals surface area contributed by atoms with Crippen LogP contribution in [-0.4, -0.2) is 96.7 Å². The molecule has 19 heteroatoms. The summed E-state index contributed by atoms with van der Waals surface area (Å²) in [6.07, 6.45) is 29.6. The Bertz CT molecular complexity index is 1470. The fraction of sp³-hybridized carbons (Fsp3) is 0.927. The highest BCUT2D eigenvalue weighted by molar-refractivity contribution is 7.47. The van der Waals surface area contributed by atoms with Gasteiger partial charge in [-0.05, 0) is 31.6 Å². The van der Waals surface area contributed by atoms with E-state index in [1.807, 2.05) is 0 Å². The molecule has 0 aromatic rings. The first-order chi connectivity index (χ1) is 35.6. The molecule has 0 radical (unpaired) electrons. The lowest BCUT2D eigenvalue weighted by Gasteiger charge is -2.21. The van der Waals surface area contributed by atoms with Crippen LogP contribution >= 0.6 is 15.6 Å². The Labute approximate surface area is 447 Å². The highest BCUT2D eigenvalue weighted by atomic mass is 31.2. The number of phosphoric ester groups is 2. The topological polar surface area (TPSA) is 237 Å². The van der Waals surface area contributed by atoms with Gasteiger partial charge in [0.2, 0.25) is 0 Å². The Balaban J connectivity index is 5.19. The van der Waals surface area contributed by atoms with Crippen LogP contribution in [0.3, 0.4) is 0 Å². The molecule has 0 bridgehead atoms. The predicted molar refractivity (Wildman–Crippen MR) is 289 cm³/mol. The molecule has 74 heavy (non-hydrogen) atoms. The van der Waals surface area contributed by atoms with E-state index in [2.05, 4.69) is 34.6 Å². The molecule has 3 unspecified atom stereocenters. The standard InChI is InChI=1S/C55H106O17P2/c1-6-10-13-16-19-25-29-34-39-53(58)66-45-51(72-55(60)41-36-31-26-21-20-24-27-32-37-48(5)9-4)47-70-74(63,64)68-43-49(56)42-67-73(61,62)69-46-50(71-54(59)40-35-30-23-18-15-12-8-3)44-65-52(57)38-33-28-22-17-14-11-7-2/h48-51,56H,6-47H2,1-5H3,(H,61,62)(H,63,64)/t48?,49-,50+,51+/m0/s1. The second-order valence-electron chi connectivity index (χ2n) is 20.2. The van der Waals surface area contributed by atoms with E-state index in [0.29, 0.717) is 25.7 Å². The molecular formula is C55H106O17P2. The van der Waals surface area contributed by atoms with Crippen molar-refractivity contribution >= 4 is 39.5 Å². The van der Waals surface area contributed by atoms with Gasteiger partial charge in [0.15, 0.2) is 12.2 Å². The van der Waals surface area contributed by atoms with E-state index < -0.39 is 97.5 Å². The second-order valence-corrected chi connectivity index (χ2v) is 23.1. The van der Waals surface area contributed by atoms with Crippen molar-refractivity contribution in [3.63, 3.8) is 0 Å². The van der Waals surface area contributed by atoms with Crippen molar-refractivity contribution in [3.05, 3.63) is 0 Å². The SMILES string of the molecule is CCCCCCCCCCC(=O)OC[C@H](COP(=O)(O)OC[C@@H](O)COP(=O)(O)OC[C@@H](COC(=O)CCCCCCCCC)OC(=O)CCCCCCCCC)OC(=O)CCCCCCCCCCC(C)CC. The van der Waals surface area contributed by atoms with E-state index in [-0.39, 0.29) is 25.7 Å². The predicted octanol–water partition coefficient (Wildman–Crippen LogP) is 14.3. The fourth-order valence-electron chi connectivity index (χ4n) is 7.96. The number of hydrogen-bond acceptors (Lipinski definition) is 15. The molecule has 0 aromatic carbocycles. The van der Waals surface area contributed by atoms with E-state index in [0.717, 1.165) is 128 Å². The van der Waals surface area contributed by atoms with E-state index in [1.54, 1.807) is 0 Å². The van der Waals surface area contributed by atoms with Crippen molar-refractivity contribution in [2.75, 3.05) is 39.6 Å². The summed E-state index contributed by atoms with van der Waals surface area (Å²) in [5.41, 5.74) is 0. The van der Waals surface area contributed by atoms with Crippen LogP contribution in [0.1, 0.15) is 266 Å². The first-order valence-electron chi connectivity index (χ1n) is 29.2. The number of hydrogen-bond donors (Lipinski definition) is 3. The monoisotopic (exact) mass is 1100 g/mol. The lowest BCUT2D eigenvalue weighted by atomic mass is 9.99. The van der Waals surface area contributed by atoms with Crippen molar-refractivity contribution in [1.82, 2.24) is 0 Å². The lowest BCUT2D eigenvalue weighted by Crippen LogP contribution is -2.30. The third kappa shape index (κ3) is 48.4. The zero-order chi connectivity index (χ0) is 55.0. The van der Waals surface area contributed by atoms with Crippen LogP contribution in [0.15, 0.2) is 0 Å². The van der Waals surface area contributed by atoms with Crippen LogP contribution in [0.4, 0.5) is 0 Å². The van der Waals surface area contributed by atoms with E-state index >= 15 is 0 Å². The van der Waals surface area contributed by atoms with Gasteiger partial charge in [-0.25, -0.2) is 9.13 Å². The maximum absolute atomic E-state index is 12.9. The van der Waals surface area contributed by atoms with Crippen LogP contribution in [0.25, 0.3) is 0 Å². The molecule has 0 fully saturated rings. The van der Waals surface area contributed by atoms with Gasteiger partial charge < -0.3 is 33.8 Å². The molecule has 438 valence electrons. The Kier molecular flexibility index (Phi) is 48.1. The van der Waals surface area contributed by atoms with Gasteiger partial charge in [0.05, 0.1) is 26.4 Å². The summed E-state index contributed by atoms with van der Waals surface area (Å²) in [6.45, 7) is 7.01. The number of carbonyl (C=O) groups is 4. The molecule has 0 aliphatic carbocycles. The Hall–Kier alpha value is -1.94. The summed E-state index contributed by atoms with van der Waals surface area (Å²) in [5.74, 6) is -1.39. The van der Waals surface area contributed by atoms with Crippen molar-refractivity contribution in [2.45, 2.75) is 284 Å². The van der Waals surface area contributed by atoms with Gasteiger partial charge in [0.1, 0.15) is 19.3 Å². The van der Waals surface area contributed by atoms with E-state index in [9.17, 15) is 43.2 Å². The van der Waals surface area contributed by atoms with Crippen molar-refractivity contribution < 1.29 is 80.2 Å². The number of aliphatic hydroxyl groups excluding tert-OH is 1. The van der Waals surface area contributed by atoms with Crippen LogP contribution in [-0.2, 0) is 65.4 Å². The number of phosphoric acid groups is 2. The second kappa shape index (κ2) is 49.4. The molecule has 0 amide bonds. The summed E-state index contributed by atoms with van der Waals surface area (Å²) >= 11 is 0. The molecular weight excluding hydrogens is 995 g/mol. The summed E-state index contributed by atoms with van der Waals surface area (Å²) < 4.78 is 67.4. The Morgan fingerprint density at radius 1 is 0.378 bits per heavy atom. The Morgan fingerprint density at radius 3 is 0.959 bits per heavy atom. The van der Waals surface area contributed by atoms with Crippen molar-refractivity contribution in [1.29, 1.82) is 0 Å². The summed E-state index contributed by atoms with van der Waals surface area (Å²) in [4.78, 5) is 71.5. The molecule has 0 spiro atoms. The Morgan fingerprint density at radius 2 is 0.649 bits per heavy atom. The van der Waals surface area contributed by atoms with Gasteiger partial charge in [-0.3, -0.25) is 37.3 Å². The minimum absolute atomic E-state index is 0.103. The van der Waals surface area contributed by atoms with Gasteiger partial charge in [0.25, 0.3) is 0 Å². The molecule has 0 aromatic heterocycles. The van der Waals surface area contributed by atoms with Gasteiger partial charge >= 0.3 is 39.5 Å². The van der Waals surface area contributed by atoms with Crippen molar-refractivity contribution in [3.8, 4) is 0 Å². The number of ether oxygens (including phenoxy) is 4. The van der Waals surface area contributed by atoms with Crippen LogP contribution in [0.5, 0.6) is 0 Å². The zero-order valence-corrected chi connectivity index (χ0v) is 48.7. The molecule has 0 saturated carbocycles. The molecule has 17 nitrogen and oxygen atoms in total. The average Bonchev–Trinajstić information content (AvgIpc) is 3.37. The third-order valence-corrected chi connectivity index (χ3v) is 14.8.